The molecule has 1 heterocycles. The van der Waals surface area contributed by atoms with Crippen LogP contribution in [0, 0.1) is 0 Å². The summed E-state index contributed by atoms with van der Waals surface area (Å²) in [7, 11) is 1.97. The lowest BCUT2D eigenvalue weighted by Gasteiger charge is -2.11. The van der Waals surface area contributed by atoms with E-state index >= 15 is 0 Å². The van der Waals surface area contributed by atoms with E-state index < -0.39 is 0 Å². The Morgan fingerprint density at radius 1 is 1.12 bits per heavy atom. The summed E-state index contributed by atoms with van der Waals surface area (Å²) < 4.78 is 2.01. The van der Waals surface area contributed by atoms with Crippen LogP contribution in [0.5, 0.6) is 0 Å². The zero-order chi connectivity index (χ0) is 17.9. The molecule has 5 nitrogen and oxygen atoms in total. The van der Waals surface area contributed by atoms with Crippen LogP contribution in [0.4, 0.5) is 5.69 Å². The summed E-state index contributed by atoms with van der Waals surface area (Å²) in [6, 6.07) is 17.9. The Kier molecular flexibility index (Phi) is 4.75. The summed E-state index contributed by atoms with van der Waals surface area (Å²) >= 11 is 1.42. The molecule has 2 aromatic carbocycles. The van der Waals surface area contributed by atoms with Crippen LogP contribution in [0.15, 0.2) is 59.8 Å². The average Bonchev–Trinajstić information content (AvgIpc) is 3.44. The summed E-state index contributed by atoms with van der Waals surface area (Å²) in [4.78, 5) is 12.4. The van der Waals surface area contributed by atoms with E-state index in [-0.39, 0.29) is 5.91 Å². The Morgan fingerprint density at radius 3 is 2.62 bits per heavy atom. The molecule has 1 fully saturated rings. The van der Waals surface area contributed by atoms with E-state index in [1.807, 2.05) is 66.2 Å². The third-order valence-corrected chi connectivity index (χ3v) is 5.45. The number of hydrogen-bond donors (Lipinski definition) is 1. The quantitative estimate of drug-likeness (QED) is 0.669. The van der Waals surface area contributed by atoms with Gasteiger partial charge in [-0.1, -0.05) is 60.3 Å². The minimum atomic E-state index is -0.0469. The van der Waals surface area contributed by atoms with Crippen LogP contribution in [-0.2, 0) is 11.8 Å². The molecule has 132 valence electrons. The van der Waals surface area contributed by atoms with Crippen molar-refractivity contribution in [1.82, 2.24) is 14.8 Å². The average molecular weight is 364 g/mol. The van der Waals surface area contributed by atoms with Crippen LogP contribution >= 0.6 is 11.8 Å². The van der Waals surface area contributed by atoms with Gasteiger partial charge in [0.1, 0.15) is 5.82 Å². The van der Waals surface area contributed by atoms with E-state index in [0.717, 1.165) is 27.8 Å². The molecule has 1 saturated carbocycles. The molecular weight excluding hydrogens is 344 g/mol. The van der Waals surface area contributed by atoms with Gasteiger partial charge in [-0.25, -0.2) is 0 Å². The van der Waals surface area contributed by atoms with E-state index in [1.165, 1.54) is 24.6 Å². The Morgan fingerprint density at radius 2 is 1.85 bits per heavy atom. The van der Waals surface area contributed by atoms with Gasteiger partial charge < -0.3 is 9.88 Å². The third kappa shape index (κ3) is 3.65. The lowest BCUT2D eigenvalue weighted by atomic mass is 10.0. The van der Waals surface area contributed by atoms with Gasteiger partial charge in [0.05, 0.1) is 5.75 Å². The molecule has 0 saturated heterocycles. The standard InChI is InChI=1S/C20H20N4OS/c1-24-19(15-11-12-15)22-23-20(24)26-13-18(25)21-17-10-6-5-9-16(17)14-7-3-2-4-8-14/h2-10,15H,11-13H2,1H3,(H,21,25). The molecule has 0 radical (unpaired) electrons. The second-order valence-electron chi connectivity index (χ2n) is 6.42. The van der Waals surface area contributed by atoms with Crippen molar-refractivity contribution < 1.29 is 4.79 Å². The molecule has 1 N–H and O–H groups in total. The van der Waals surface area contributed by atoms with Gasteiger partial charge in [0.25, 0.3) is 0 Å². The summed E-state index contributed by atoms with van der Waals surface area (Å²) in [5, 5.41) is 12.3. The molecule has 1 aromatic heterocycles. The molecule has 1 aliphatic rings. The van der Waals surface area contributed by atoms with Crippen LogP contribution in [0.3, 0.4) is 0 Å². The molecule has 0 aliphatic heterocycles. The second-order valence-corrected chi connectivity index (χ2v) is 7.37. The monoisotopic (exact) mass is 364 g/mol. The molecule has 1 aliphatic carbocycles. The fourth-order valence-corrected chi connectivity index (χ4v) is 3.64. The number of carbonyl (C=O) groups is 1. The van der Waals surface area contributed by atoms with Crippen molar-refractivity contribution >= 4 is 23.4 Å². The Labute approximate surface area is 156 Å². The third-order valence-electron chi connectivity index (χ3n) is 4.43. The summed E-state index contributed by atoms with van der Waals surface area (Å²) in [6.07, 6.45) is 2.38. The smallest absolute Gasteiger partial charge is 0.234 e. The summed E-state index contributed by atoms with van der Waals surface area (Å²) in [5.41, 5.74) is 2.92. The minimum Gasteiger partial charge on any atom is -0.325 e. The number of carbonyl (C=O) groups excluding carboxylic acids is 1. The lowest BCUT2D eigenvalue weighted by molar-refractivity contribution is -0.113. The van der Waals surface area contributed by atoms with Crippen LogP contribution in [0.25, 0.3) is 11.1 Å². The zero-order valence-corrected chi connectivity index (χ0v) is 15.4. The van der Waals surface area contributed by atoms with Crippen LogP contribution < -0.4 is 5.32 Å². The lowest BCUT2D eigenvalue weighted by Crippen LogP contribution is -2.15. The van der Waals surface area contributed by atoms with E-state index in [4.69, 9.17) is 0 Å². The zero-order valence-electron chi connectivity index (χ0n) is 14.6. The van der Waals surface area contributed by atoms with Crippen molar-refractivity contribution in [3.8, 4) is 11.1 Å². The van der Waals surface area contributed by atoms with Gasteiger partial charge in [-0.15, -0.1) is 10.2 Å². The van der Waals surface area contributed by atoms with Crippen LogP contribution in [0.1, 0.15) is 24.6 Å². The first kappa shape index (κ1) is 16.8. The van der Waals surface area contributed by atoms with E-state index in [1.54, 1.807) is 0 Å². The maximum atomic E-state index is 12.4. The number of nitrogens with zero attached hydrogens (tertiary/aromatic N) is 3. The number of anilines is 1. The van der Waals surface area contributed by atoms with E-state index in [9.17, 15) is 4.79 Å². The predicted octanol–water partition coefficient (Wildman–Crippen LogP) is 4.09. The van der Waals surface area contributed by atoms with Gasteiger partial charge in [-0.2, -0.15) is 0 Å². The Hall–Kier alpha value is -2.60. The number of rotatable bonds is 6. The Balaban J connectivity index is 1.43. The maximum Gasteiger partial charge on any atom is 0.234 e. The maximum absolute atomic E-state index is 12.4. The first-order valence-electron chi connectivity index (χ1n) is 8.69. The molecular formula is C20H20N4OS. The fourth-order valence-electron chi connectivity index (χ4n) is 2.93. The van der Waals surface area contributed by atoms with Crippen molar-refractivity contribution in [2.45, 2.75) is 23.9 Å². The largest absolute Gasteiger partial charge is 0.325 e. The number of benzene rings is 2. The van der Waals surface area contributed by atoms with Crippen LogP contribution in [0.2, 0.25) is 0 Å². The minimum absolute atomic E-state index is 0.0469. The first-order valence-corrected chi connectivity index (χ1v) is 9.67. The van der Waals surface area contributed by atoms with Crippen molar-refractivity contribution in [3.05, 3.63) is 60.4 Å². The molecule has 3 aromatic rings. The topological polar surface area (TPSA) is 59.8 Å². The fraction of sp³-hybridized carbons (Fsp3) is 0.250. The summed E-state index contributed by atoms with van der Waals surface area (Å²) in [5.74, 6) is 1.84. The number of thioether (sulfide) groups is 1. The van der Waals surface area contributed by atoms with E-state index in [0.29, 0.717) is 11.7 Å². The highest BCUT2D eigenvalue weighted by Crippen LogP contribution is 2.39. The van der Waals surface area contributed by atoms with Crippen LogP contribution in [-0.4, -0.2) is 26.4 Å². The number of amides is 1. The highest BCUT2D eigenvalue weighted by Gasteiger charge is 2.29. The van der Waals surface area contributed by atoms with Crippen molar-refractivity contribution in [3.63, 3.8) is 0 Å². The van der Waals surface area contributed by atoms with Crippen molar-refractivity contribution in [2.24, 2.45) is 7.05 Å². The van der Waals surface area contributed by atoms with Gasteiger partial charge in [0, 0.05) is 24.2 Å². The van der Waals surface area contributed by atoms with Gasteiger partial charge in [-0.05, 0) is 24.5 Å². The van der Waals surface area contributed by atoms with Gasteiger partial charge >= 0.3 is 0 Å². The molecule has 0 bridgehead atoms. The summed E-state index contributed by atoms with van der Waals surface area (Å²) in [6.45, 7) is 0. The normalized spacial score (nSPS) is 13.6. The predicted molar refractivity (Wildman–Crippen MR) is 104 cm³/mol. The molecule has 1 amide bonds. The molecule has 26 heavy (non-hydrogen) atoms. The molecule has 0 spiro atoms. The Bertz CT molecular complexity index is 919. The van der Waals surface area contributed by atoms with Crippen molar-refractivity contribution in [2.75, 3.05) is 11.1 Å². The van der Waals surface area contributed by atoms with E-state index in [2.05, 4.69) is 15.5 Å². The van der Waals surface area contributed by atoms with Gasteiger partial charge in [-0.3, -0.25) is 4.79 Å². The molecule has 0 atom stereocenters. The van der Waals surface area contributed by atoms with Gasteiger partial charge in [0.2, 0.25) is 5.91 Å². The number of aromatic nitrogens is 3. The highest BCUT2D eigenvalue weighted by molar-refractivity contribution is 7.99. The van der Waals surface area contributed by atoms with Crippen molar-refractivity contribution in [1.29, 1.82) is 0 Å². The molecule has 4 rings (SSSR count). The molecule has 0 unspecified atom stereocenters. The number of para-hydroxylation sites is 1. The van der Waals surface area contributed by atoms with Gasteiger partial charge in [0.15, 0.2) is 5.16 Å². The number of hydrogen-bond acceptors (Lipinski definition) is 4. The molecule has 6 heteroatoms. The highest BCUT2D eigenvalue weighted by atomic mass is 32.2. The second kappa shape index (κ2) is 7.33. The number of nitrogens with one attached hydrogen (secondary N) is 1. The SMILES string of the molecule is Cn1c(SCC(=O)Nc2ccccc2-c2ccccc2)nnc1C1CC1. The first-order chi connectivity index (χ1) is 12.7.